The van der Waals surface area contributed by atoms with Gasteiger partial charge in [-0.25, -0.2) is 4.39 Å². The van der Waals surface area contributed by atoms with Gasteiger partial charge in [0.1, 0.15) is 5.82 Å². The number of aryl methyl sites for hydroxylation is 2. The summed E-state index contributed by atoms with van der Waals surface area (Å²) < 4.78 is 16.1. The van der Waals surface area contributed by atoms with Crippen LogP contribution >= 0.6 is 0 Å². The number of nitrogens with zero attached hydrogens (tertiary/aromatic N) is 3. The number of unbranched alkanes of at least 4 members (excludes halogenated alkanes) is 1. The molecule has 0 bridgehead atoms. The Morgan fingerprint density at radius 2 is 2.00 bits per heavy atom. The first-order valence-corrected chi connectivity index (χ1v) is 13.5. The van der Waals surface area contributed by atoms with Gasteiger partial charge >= 0.3 is 0 Å². The van der Waals surface area contributed by atoms with Crippen molar-refractivity contribution in [2.24, 2.45) is 13.0 Å². The van der Waals surface area contributed by atoms with Gasteiger partial charge < -0.3 is 15.5 Å². The lowest BCUT2D eigenvalue weighted by Crippen LogP contribution is -2.32. The fraction of sp³-hybridized carbons (Fsp3) is 0.467. The van der Waals surface area contributed by atoms with Crippen molar-refractivity contribution in [2.45, 2.75) is 52.5 Å². The molecular formula is C30H40FN5O. The Morgan fingerprint density at radius 3 is 2.70 bits per heavy atom. The average molecular weight is 506 g/mol. The van der Waals surface area contributed by atoms with E-state index in [-0.39, 0.29) is 17.8 Å². The van der Waals surface area contributed by atoms with Crippen LogP contribution in [0.4, 0.5) is 10.1 Å². The Kier molecular flexibility index (Phi) is 8.98. The number of anilines is 1. The van der Waals surface area contributed by atoms with Gasteiger partial charge in [0, 0.05) is 49.7 Å². The maximum absolute atomic E-state index is 14.4. The van der Waals surface area contributed by atoms with E-state index in [1.54, 1.807) is 10.9 Å². The van der Waals surface area contributed by atoms with Gasteiger partial charge in [0.05, 0.1) is 12.2 Å². The van der Waals surface area contributed by atoms with E-state index in [9.17, 15) is 9.18 Å². The summed E-state index contributed by atoms with van der Waals surface area (Å²) in [5, 5.41) is 10.7. The van der Waals surface area contributed by atoms with Crippen molar-refractivity contribution in [3.8, 4) is 11.1 Å². The van der Waals surface area contributed by atoms with Gasteiger partial charge in [0.25, 0.3) is 5.91 Å². The first-order chi connectivity index (χ1) is 17.8. The molecule has 1 atom stereocenters. The van der Waals surface area contributed by atoms with E-state index < -0.39 is 0 Å². The number of amides is 1. The highest BCUT2D eigenvalue weighted by Gasteiger charge is 2.23. The lowest BCUT2D eigenvalue weighted by atomic mass is 10.0. The van der Waals surface area contributed by atoms with Gasteiger partial charge in [-0.15, -0.1) is 0 Å². The number of halogens is 1. The number of aromatic nitrogens is 2. The minimum absolute atomic E-state index is 0.167. The molecule has 6 nitrogen and oxygen atoms in total. The SMILES string of the molecule is CCCCN(CCNc1ccc(C)c(C(=O)NC(C)c2cc(F)cc(-c3cnn(C)c3)c2)c1)CC1CC1. The number of hydrogen-bond acceptors (Lipinski definition) is 4. The van der Waals surface area contributed by atoms with E-state index in [0.717, 1.165) is 47.9 Å². The normalized spacial score (nSPS) is 14.1. The molecule has 198 valence electrons. The van der Waals surface area contributed by atoms with Crippen molar-refractivity contribution in [1.29, 1.82) is 0 Å². The fourth-order valence-electron chi connectivity index (χ4n) is 4.63. The Balaban J connectivity index is 1.38. The predicted octanol–water partition coefficient (Wildman–Crippen LogP) is 5.95. The second-order valence-corrected chi connectivity index (χ2v) is 10.4. The van der Waals surface area contributed by atoms with E-state index in [4.69, 9.17) is 0 Å². The van der Waals surface area contributed by atoms with Gasteiger partial charge in [-0.05, 0) is 92.6 Å². The molecule has 0 spiro atoms. The first-order valence-electron chi connectivity index (χ1n) is 13.5. The molecule has 2 N–H and O–H groups in total. The third kappa shape index (κ3) is 7.65. The summed E-state index contributed by atoms with van der Waals surface area (Å²) in [6, 6.07) is 10.4. The Labute approximate surface area is 220 Å². The van der Waals surface area contributed by atoms with Crippen LogP contribution < -0.4 is 10.6 Å². The zero-order valence-corrected chi connectivity index (χ0v) is 22.6. The van der Waals surface area contributed by atoms with Crippen molar-refractivity contribution in [3.05, 3.63) is 71.3 Å². The molecule has 3 aromatic rings. The lowest BCUT2D eigenvalue weighted by Gasteiger charge is -2.22. The molecule has 0 aliphatic heterocycles. The molecule has 0 saturated heterocycles. The summed E-state index contributed by atoms with van der Waals surface area (Å²) in [5.41, 5.74) is 4.75. The Bertz CT molecular complexity index is 1200. The standard InChI is InChI=1S/C30H40FN5O/c1-5-6-12-36(19-23-8-9-23)13-11-32-28-10-7-21(2)29(17-28)30(37)34-22(3)24-14-25(16-27(31)15-24)26-18-33-35(4)20-26/h7,10,14-18,20,22-23,32H,5-6,8-9,11-13,19H2,1-4H3,(H,34,37). The Hall–Kier alpha value is -3.19. The molecule has 1 aliphatic carbocycles. The summed E-state index contributed by atoms with van der Waals surface area (Å²) in [6.45, 7) is 10.2. The molecule has 1 amide bonds. The minimum atomic E-state index is -0.357. The van der Waals surface area contributed by atoms with Crippen molar-refractivity contribution < 1.29 is 9.18 Å². The van der Waals surface area contributed by atoms with Crippen LogP contribution in [0.3, 0.4) is 0 Å². The van der Waals surface area contributed by atoms with Crippen molar-refractivity contribution in [3.63, 3.8) is 0 Å². The largest absolute Gasteiger partial charge is 0.384 e. The topological polar surface area (TPSA) is 62.2 Å². The molecule has 1 fully saturated rings. The molecule has 37 heavy (non-hydrogen) atoms. The summed E-state index contributed by atoms with van der Waals surface area (Å²) in [4.78, 5) is 15.8. The van der Waals surface area contributed by atoms with Crippen molar-refractivity contribution in [1.82, 2.24) is 20.0 Å². The molecule has 1 aliphatic rings. The van der Waals surface area contributed by atoms with Crippen LogP contribution in [-0.4, -0.2) is 46.8 Å². The van der Waals surface area contributed by atoms with Crippen LogP contribution in [-0.2, 0) is 7.05 Å². The smallest absolute Gasteiger partial charge is 0.252 e. The van der Waals surface area contributed by atoms with Gasteiger partial charge in [0.15, 0.2) is 0 Å². The second kappa shape index (κ2) is 12.4. The molecule has 0 radical (unpaired) electrons. The number of rotatable bonds is 13. The number of carbonyl (C=O) groups excluding carboxylic acids is 1. The molecule has 1 aromatic heterocycles. The minimum Gasteiger partial charge on any atom is -0.384 e. The number of hydrogen-bond donors (Lipinski definition) is 2. The third-order valence-electron chi connectivity index (χ3n) is 7.09. The van der Waals surface area contributed by atoms with Crippen LogP contribution in [0.2, 0.25) is 0 Å². The molecule has 1 heterocycles. The number of carbonyl (C=O) groups is 1. The third-order valence-corrected chi connectivity index (χ3v) is 7.09. The quantitative estimate of drug-likeness (QED) is 0.301. The van der Waals surface area contributed by atoms with E-state index in [0.29, 0.717) is 11.1 Å². The Morgan fingerprint density at radius 1 is 1.19 bits per heavy atom. The molecule has 2 aromatic carbocycles. The average Bonchev–Trinajstić information content (AvgIpc) is 3.59. The highest BCUT2D eigenvalue weighted by molar-refractivity contribution is 5.96. The summed E-state index contributed by atoms with van der Waals surface area (Å²) in [6.07, 6.45) is 8.73. The monoisotopic (exact) mass is 505 g/mol. The van der Waals surface area contributed by atoms with Crippen LogP contribution in [0, 0.1) is 18.7 Å². The van der Waals surface area contributed by atoms with Crippen molar-refractivity contribution in [2.75, 3.05) is 31.5 Å². The van der Waals surface area contributed by atoms with Crippen molar-refractivity contribution >= 4 is 11.6 Å². The van der Waals surface area contributed by atoms with Gasteiger partial charge in [-0.1, -0.05) is 19.4 Å². The molecule has 7 heteroatoms. The van der Waals surface area contributed by atoms with Gasteiger partial charge in [-0.3, -0.25) is 9.48 Å². The summed E-state index contributed by atoms with van der Waals surface area (Å²) in [5.74, 6) is 0.376. The number of benzene rings is 2. The van der Waals surface area contributed by atoms with E-state index >= 15 is 0 Å². The maximum Gasteiger partial charge on any atom is 0.252 e. The lowest BCUT2D eigenvalue weighted by molar-refractivity contribution is 0.0939. The number of nitrogens with one attached hydrogen (secondary N) is 2. The highest BCUT2D eigenvalue weighted by atomic mass is 19.1. The second-order valence-electron chi connectivity index (χ2n) is 10.4. The van der Waals surface area contributed by atoms with E-state index in [1.165, 1.54) is 44.4 Å². The first kappa shape index (κ1) is 26.9. The van der Waals surface area contributed by atoms with Crippen LogP contribution in [0.1, 0.15) is 67.1 Å². The van der Waals surface area contributed by atoms with Crippen LogP contribution in [0.15, 0.2) is 48.8 Å². The predicted molar refractivity (Wildman–Crippen MR) is 148 cm³/mol. The maximum atomic E-state index is 14.4. The fourth-order valence-corrected chi connectivity index (χ4v) is 4.63. The highest BCUT2D eigenvalue weighted by Crippen LogP contribution is 2.30. The van der Waals surface area contributed by atoms with Crippen LogP contribution in [0.5, 0.6) is 0 Å². The summed E-state index contributed by atoms with van der Waals surface area (Å²) in [7, 11) is 1.83. The van der Waals surface area contributed by atoms with E-state index in [2.05, 4.69) is 27.6 Å². The zero-order chi connectivity index (χ0) is 26.4. The molecule has 1 unspecified atom stereocenters. The van der Waals surface area contributed by atoms with Gasteiger partial charge in [-0.2, -0.15) is 5.10 Å². The summed E-state index contributed by atoms with van der Waals surface area (Å²) >= 11 is 0. The van der Waals surface area contributed by atoms with Crippen LogP contribution in [0.25, 0.3) is 11.1 Å². The zero-order valence-electron chi connectivity index (χ0n) is 22.6. The molecular weight excluding hydrogens is 465 g/mol. The molecule has 1 saturated carbocycles. The van der Waals surface area contributed by atoms with Gasteiger partial charge in [0.2, 0.25) is 0 Å². The van der Waals surface area contributed by atoms with E-state index in [1.807, 2.05) is 51.4 Å². The molecule has 4 rings (SSSR count).